The molecule has 0 aromatic carbocycles. The van der Waals surface area contributed by atoms with Crippen LogP contribution >= 0.6 is 0 Å². The molecule has 1 fully saturated rings. The number of rotatable bonds is 3. The molecule has 1 saturated heterocycles. The van der Waals surface area contributed by atoms with Crippen molar-refractivity contribution in [1.82, 2.24) is 4.90 Å². The lowest BCUT2D eigenvalue weighted by Crippen LogP contribution is -2.34. The molecule has 0 aliphatic carbocycles. The van der Waals surface area contributed by atoms with E-state index in [-0.39, 0.29) is 6.10 Å². The summed E-state index contributed by atoms with van der Waals surface area (Å²) in [5, 5.41) is 9.83. The van der Waals surface area contributed by atoms with Crippen molar-refractivity contribution >= 4 is 0 Å². The van der Waals surface area contributed by atoms with Gasteiger partial charge in [0, 0.05) is 13.1 Å². The molecule has 0 spiro atoms. The standard InChI is InChI=1S/C13H27NO/c1-10(2)12(15)9-14-7-6-11(8-14)13(3,4)5/h10-12,15H,6-9H2,1-5H3. The predicted molar refractivity (Wildman–Crippen MR) is 64.8 cm³/mol. The van der Waals surface area contributed by atoms with E-state index in [1.54, 1.807) is 0 Å². The Balaban J connectivity index is 2.37. The van der Waals surface area contributed by atoms with Crippen molar-refractivity contribution in [2.75, 3.05) is 19.6 Å². The second kappa shape index (κ2) is 4.84. The molecule has 2 atom stereocenters. The molecule has 1 rings (SSSR count). The largest absolute Gasteiger partial charge is 0.392 e. The van der Waals surface area contributed by atoms with Crippen LogP contribution in [0.25, 0.3) is 0 Å². The maximum Gasteiger partial charge on any atom is 0.0689 e. The minimum absolute atomic E-state index is 0.163. The van der Waals surface area contributed by atoms with E-state index in [2.05, 4.69) is 39.5 Å². The van der Waals surface area contributed by atoms with Crippen molar-refractivity contribution in [2.24, 2.45) is 17.3 Å². The summed E-state index contributed by atoms with van der Waals surface area (Å²) < 4.78 is 0. The highest BCUT2D eigenvalue weighted by atomic mass is 16.3. The van der Waals surface area contributed by atoms with Gasteiger partial charge >= 0.3 is 0 Å². The van der Waals surface area contributed by atoms with Gasteiger partial charge in [0.2, 0.25) is 0 Å². The summed E-state index contributed by atoms with van der Waals surface area (Å²) >= 11 is 0. The summed E-state index contributed by atoms with van der Waals surface area (Å²) in [5.41, 5.74) is 0.414. The third kappa shape index (κ3) is 3.76. The molecule has 0 bridgehead atoms. The molecule has 15 heavy (non-hydrogen) atoms. The molecule has 1 N–H and O–H groups in total. The van der Waals surface area contributed by atoms with E-state index in [1.165, 1.54) is 6.42 Å². The summed E-state index contributed by atoms with van der Waals surface area (Å²) in [5.74, 6) is 1.16. The highest BCUT2D eigenvalue weighted by Gasteiger charge is 2.32. The predicted octanol–water partition coefficient (Wildman–Crippen LogP) is 2.37. The van der Waals surface area contributed by atoms with Crippen LogP contribution in [0.4, 0.5) is 0 Å². The molecule has 2 nitrogen and oxygen atoms in total. The molecular formula is C13H27NO. The van der Waals surface area contributed by atoms with E-state index >= 15 is 0 Å². The topological polar surface area (TPSA) is 23.5 Å². The van der Waals surface area contributed by atoms with E-state index in [0.29, 0.717) is 11.3 Å². The molecule has 1 heterocycles. The Kier molecular flexibility index (Phi) is 4.19. The fraction of sp³-hybridized carbons (Fsp3) is 1.00. The average molecular weight is 213 g/mol. The quantitative estimate of drug-likeness (QED) is 0.778. The summed E-state index contributed by atoms with van der Waals surface area (Å²) in [7, 11) is 0. The van der Waals surface area contributed by atoms with Crippen LogP contribution in [0.15, 0.2) is 0 Å². The molecule has 0 saturated carbocycles. The smallest absolute Gasteiger partial charge is 0.0689 e. The first-order valence-corrected chi connectivity index (χ1v) is 6.21. The first kappa shape index (κ1) is 13.0. The van der Waals surface area contributed by atoms with Crippen LogP contribution in [0.5, 0.6) is 0 Å². The van der Waals surface area contributed by atoms with Crippen molar-refractivity contribution in [3.8, 4) is 0 Å². The van der Waals surface area contributed by atoms with Gasteiger partial charge in [-0.05, 0) is 30.2 Å². The van der Waals surface area contributed by atoms with Crippen LogP contribution in [0.2, 0.25) is 0 Å². The lowest BCUT2D eigenvalue weighted by atomic mass is 9.80. The summed E-state index contributed by atoms with van der Waals surface area (Å²) in [4.78, 5) is 2.42. The number of likely N-dealkylation sites (tertiary alicyclic amines) is 1. The molecule has 1 aliphatic heterocycles. The van der Waals surface area contributed by atoms with Crippen LogP contribution in [0.1, 0.15) is 41.0 Å². The van der Waals surface area contributed by atoms with Gasteiger partial charge in [-0.25, -0.2) is 0 Å². The molecular weight excluding hydrogens is 186 g/mol. The number of nitrogens with zero attached hydrogens (tertiary/aromatic N) is 1. The lowest BCUT2D eigenvalue weighted by Gasteiger charge is -2.28. The normalized spacial score (nSPS) is 26.2. The zero-order chi connectivity index (χ0) is 11.6. The second-order valence-corrected chi connectivity index (χ2v) is 6.42. The first-order valence-electron chi connectivity index (χ1n) is 6.21. The number of β-amino-alcohol motifs (C(OH)–C–C–N with tert-alkyl or cyclic N) is 1. The zero-order valence-corrected chi connectivity index (χ0v) is 11.0. The van der Waals surface area contributed by atoms with Crippen molar-refractivity contribution in [3.05, 3.63) is 0 Å². The van der Waals surface area contributed by atoms with Crippen LogP contribution in [-0.4, -0.2) is 35.7 Å². The molecule has 0 radical (unpaired) electrons. The van der Waals surface area contributed by atoms with E-state index in [9.17, 15) is 5.11 Å². The van der Waals surface area contributed by atoms with Crippen molar-refractivity contribution in [1.29, 1.82) is 0 Å². The maximum absolute atomic E-state index is 9.83. The van der Waals surface area contributed by atoms with Crippen molar-refractivity contribution in [3.63, 3.8) is 0 Å². The number of aliphatic hydroxyl groups excluding tert-OH is 1. The average Bonchev–Trinajstić information content (AvgIpc) is 2.51. The molecule has 2 heteroatoms. The Bertz CT molecular complexity index is 195. The monoisotopic (exact) mass is 213 g/mol. The third-order valence-electron chi connectivity index (χ3n) is 3.71. The van der Waals surface area contributed by atoms with E-state index in [1.807, 2.05) is 0 Å². The lowest BCUT2D eigenvalue weighted by molar-refractivity contribution is 0.0812. The minimum Gasteiger partial charge on any atom is -0.392 e. The molecule has 0 aromatic heterocycles. The van der Waals surface area contributed by atoms with Gasteiger partial charge < -0.3 is 10.0 Å². The van der Waals surface area contributed by atoms with Gasteiger partial charge in [-0.1, -0.05) is 34.6 Å². The van der Waals surface area contributed by atoms with Gasteiger partial charge in [0.15, 0.2) is 0 Å². The van der Waals surface area contributed by atoms with E-state index < -0.39 is 0 Å². The van der Waals surface area contributed by atoms with Crippen molar-refractivity contribution < 1.29 is 5.11 Å². The molecule has 2 unspecified atom stereocenters. The summed E-state index contributed by atoms with van der Waals surface area (Å²) in [6, 6.07) is 0. The number of hydrogen-bond donors (Lipinski definition) is 1. The highest BCUT2D eigenvalue weighted by Crippen LogP contribution is 2.33. The molecule has 1 aliphatic rings. The van der Waals surface area contributed by atoms with Crippen LogP contribution in [0, 0.1) is 17.3 Å². The number of aliphatic hydroxyl groups is 1. The second-order valence-electron chi connectivity index (χ2n) is 6.42. The Labute approximate surface area is 94.7 Å². The number of hydrogen-bond acceptors (Lipinski definition) is 2. The summed E-state index contributed by atoms with van der Waals surface area (Å²) in [6.07, 6.45) is 1.12. The maximum atomic E-state index is 9.83. The van der Waals surface area contributed by atoms with Crippen LogP contribution < -0.4 is 0 Å². The Morgan fingerprint density at radius 2 is 1.93 bits per heavy atom. The molecule has 0 amide bonds. The highest BCUT2D eigenvalue weighted by molar-refractivity contribution is 4.84. The third-order valence-corrected chi connectivity index (χ3v) is 3.71. The first-order chi connectivity index (χ1) is 6.80. The molecule has 90 valence electrons. The Hall–Kier alpha value is -0.0800. The Morgan fingerprint density at radius 1 is 1.33 bits per heavy atom. The van der Waals surface area contributed by atoms with E-state index in [0.717, 1.165) is 25.6 Å². The molecule has 0 aromatic rings. The fourth-order valence-corrected chi connectivity index (χ4v) is 2.18. The summed E-state index contributed by atoms with van der Waals surface area (Å²) in [6.45, 7) is 14.3. The SMILES string of the molecule is CC(C)C(O)CN1CCC(C(C)(C)C)C1. The van der Waals surface area contributed by atoms with Gasteiger partial charge in [0.25, 0.3) is 0 Å². The minimum atomic E-state index is -0.163. The van der Waals surface area contributed by atoms with E-state index in [4.69, 9.17) is 0 Å². The zero-order valence-electron chi connectivity index (χ0n) is 11.0. The fourth-order valence-electron chi connectivity index (χ4n) is 2.18. The van der Waals surface area contributed by atoms with Gasteiger partial charge in [-0.3, -0.25) is 0 Å². The van der Waals surface area contributed by atoms with Crippen LogP contribution in [0.3, 0.4) is 0 Å². The van der Waals surface area contributed by atoms with Gasteiger partial charge in [-0.15, -0.1) is 0 Å². The van der Waals surface area contributed by atoms with Crippen LogP contribution in [-0.2, 0) is 0 Å². The Morgan fingerprint density at radius 3 is 2.33 bits per heavy atom. The van der Waals surface area contributed by atoms with Crippen molar-refractivity contribution in [2.45, 2.75) is 47.1 Å². The van der Waals surface area contributed by atoms with Gasteiger partial charge in [0.1, 0.15) is 0 Å². The van der Waals surface area contributed by atoms with Gasteiger partial charge in [-0.2, -0.15) is 0 Å². The van der Waals surface area contributed by atoms with Gasteiger partial charge in [0.05, 0.1) is 6.10 Å².